The van der Waals surface area contributed by atoms with Crippen LogP contribution in [0.5, 0.6) is 0 Å². The van der Waals surface area contributed by atoms with Crippen LogP contribution in [0, 0.1) is 0 Å². The second-order valence-corrected chi connectivity index (χ2v) is 4.69. The van der Waals surface area contributed by atoms with Gasteiger partial charge in [0.05, 0.1) is 13.2 Å². The second kappa shape index (κ2) is 6.45. The fourth-order valence-electron chi connectivity index (χ4n) is 2.32. The molecule has 0 saturated carbocycles. The summed E-state index contributed by atoms with van der Waals surface area (Å²) in [6.45, 7) is 1.00. The number of nitrogens with one attached hydrogen (secondary N) is 1. The molecule has 2 amide bonds. The zero-order valence-corrected chi connectivity index (χ0v) is 10.7. The van der Waals surface area contributed by atoms with Crippen LogP contribution in [-0.2, 0) is 4.79 Å². The molecule has 0 spiro atoms. The Balaban J connectivity index is 1.86. The fourth-order valence-corrected chi connectivity index (χ4v) is 2.32. The molecule has 1 fully saturated rings. The number of rotatable bonds is 4. The van der Waals surface area contributed by atoms with Gasteiger partial charge in [0.1, 0.15) is 0 Å². The topological polar surface area (TPSA) is 69.6 Å². The standard InChI is InChI=1S/C14H18N2O3/c17-10-12-7-4-8-16(12)9-13(18)15-14(19)11-5-2-1-3-6-11/h1-3,5-6,12,17H,4,7-10H2,(H,15,18,19)/t12-/m1/s1. The van der Waals surface area contributed by atoms with Crippen molar-refractivity contribution >= 4 is 11.8 Å². The lowest BCUT2D eigenvalue weighted by atomic mass is 10.2. The van der Waals surface area contributed by atoms with Gasteiger partial charge in [-0.15, -0.1) is 0 Å². The summed E-state index contributed by atoms with van der Waals surface area (Å²) in [6.07, 6.45) is 1.88. The predicted molar refractivity (Wildman–Crippen MR) is 70.6 cm³/mol. The Hall–Kier alpha value is -1.72. The first-order valence-corrected chi connectivity index (χ1v) is 6.45. The first-order valence-electron chi connectivity index (χ1n) is 6.45. The van der Waals surface area contributed by atoms with Crippen LogP contribution in [0.25, 0.3) is 0 Å². The highest BCUT2D eigenvalue weighted by Gasteiger charge is 2.25. The van der Waals surface area contributed by atoms with E-state index in [4.69, 9.17) is 5.11 Å². The molecule has 1 aliphatic heterocycles. The van der Waals surface area contributed by atoms with Gasteiger partial charge < -0.3 is 5.11 Å². The summed E-state index contributed by atoms with van der Waals surface area (Å²) in [5.74, 6) is -0.709. The molecule has 1 aromatic carbocycles. The lowest BCUT2D eigenvalue weighted by molar-refractivity contribution is -0.121. The lowest BCUT2D eigenvalue weighted by Crippen LogP contribution is -2.43. The summed E-state index contributed by atoms with van der Waals surface area (Å²) < 4.78 is 0. The SMILES string of the molecule is O=C(CN1CCC[C@@H]1CO)NC(=O)c1ccccc1. The molecule has 1 aliphatic rings. The number of benzene rings is 1. The van der Waals surface area contributed by atoms with Crippen LogP contribution >= 0.6 is 0 Å². The molecular weight excluding hydrogens is 244 g/mol. The van der Waals surface area contributed by atoms with Gasteiger partial charge in [0.15, 0.2) is 0 Å². The van der Waals surface area contributed by atoms with E-state index in [1.54, 1.807) is 24.3 Å². The van der Waals surface area contributed by atoms with Gasteiger partial charge in [-0.1, -0.05) is 18.2 Å². The molecule has 1 atom stereocenters. The van der Waals surface area contributed by atoms with Crippen molar-refractivity contribution in [3.05, 3.63) is 35.9 Å². The second-order valence-electron chi connectivity index (χ2n) is 4.69. The Morgan fingerprint density at radius 3 is 2.74 bits per heavy atom. The lowest BCUT2D eigenvalue weighted by Gasteiger charge is -2.21. The Bertz CT molecular complexity index is 447. The Morgan fingerprint density at radius 2 is 2.05 bits per heavy atom. The van der Waals surface area contributed by atoms with E-state index in [9.17, 15) is 9.59 Å². The van der Waals surface area contributed by atoms with Crippen LogP contribution in [-0.4, -0.2) is 47.6 Å². The van der Waals surface area contributed by atoms with Crippen LogP contribution in [0.15, 0.2) is 30.3 Å². The minimum Gasteiger partial charge on any atom is -0.395 e. The van der Waals surface area contributed by atoms with Crippen molar-refractivity contribution in [1.29, 1.82) is 0 Å². The largest absolute Gasteiger partial charge is 0.395 e. The van der Waals surface area contributed by atoms with Crippen LogP contribution in [0.4, 0.5) is 0 Å². The quantitative estimate of drug-likeness (QED) is 0.824. The van der Waals surface area contributed by atoms with E-state index in [2.05, 4.69) is 5.32 Å². The number of imide groups is 1. The average molecular weight is 262 g/mol. The number of hydrogen-bond acceptors (Lipinski definition) is 4. The third kappa shape index (κ3) is 3.62. The normalized spacial score (nSPS) is 19.3. The molecule has 0 unspecified atom stereocenters. The number of carbonyl (C=O) groups excluding carboxylic acids is 2. The van der Waals surface area contributed by atoms with Crippen LogP contribution in [0.3, 0.4) is 0 Å². The maximum atomic E-state index is 11.8. The van der Waals surface area contributed by atoms with Crippen molar-refractivity contribution in [1.82, 2.24) is 10.2 Å². The summed E-state index contributed by atoms with van der Waals surface area (Å²) in [7, 11) is 0. The molecule has 2 rings (SSSR count). The molecule has 0 bridgehead atoms. The molecule has 1 aromatic rings. The van der Waals surface area contributed by atoms with Gasteiger partial charge in [0.2, 0.25) is 5.91 Å². The van der Waals surface area contributed by atoms with E-state index in [0.29, 0.717) is 5.56 Å². The van der Waals surface area contributed by atoms with E-state index < -0.39 is 0 Å². The molecule has 5 heteroatoms. The number of hydrogen-bond donors (Lipinski definition) is 2. The Morgan fingerprint density at radius 1 is 1.32 bits per heavy atom. The van der Waals surface area contributed by atoms with E-state index in [0.717, 1.165) is 19.4 Å². The molecule has 0 aliphatic carbocycles. The van der Waals surface area contributed by atoms with E-state index in [1.807, 2.05) is 11.0 Å². The zero-order chi connectivity index (χ0) is 13.7. The molecular formula is C14H18N2O3. The van der Waals surface area contributed by atoms with E-state index in [1.165, 1.54) is 0 Å². The van der Waals surface area contributed by atoms with Crippen molar-refractivity contribution in [3.63, 3.8) is 0 Å². The minimum atomic E-state index is -0.384. The van der Waals surface area contributed by atoms with Crippen LogP contribution < -0.4 is 5.32 Å². The maximum Gasteiger partial charge on any atom is 0.257 e. The van der Waals surface area contributed by atoms with Crippen molar-refractivity contribution in [3.8, 4) is 0 Å². The number of aliphatic hydroxyl groups is 1. The van der Waals surface area contributed by atoms with Gasteiger partial charge >= 0.3 is 0 Å². The van der Waals surface area contributed by atoms with Crippen molar-refractivity contribution in [2.24, 2.45) is 0 Å². The minimum absolute atomic E-state index is 0.0394. The summed E-state index contributed by atoms with van der Waals surface area (Å²) in [6, 6.07) is 8.68. The highest BCUT2D eigenvalue weighted by atomic mass is 16.3. The average Bonchev–Trinajstić information content (AvgIpc) is 2.86. The summed E-state index contributed by atoms with van der Waals surface area (Å²) >= 11 is 0. The third-order valence-corrected chi connectivity index (χ3v) is 3.35. The van der Waals surface area contributed by atoms with Gasteiger partial charge in [0, 0.05) is 11.6 Å². The fraction of sp³-hybridized carbons (Fsp3) is 0.429. The van der Waals surface area contributed by atoms with Gasteiger partial charge in [-0.25, -0.2) is 0 Å². The van der Waals surface area contributed by atoms with E-state index in [-0.39, 0.29) is 31.0 Å². The number of amides is 2. The molecule has 102 valence electrons. The summed E-state index contributed by atoms with van der Waals surface area (Å²) in [4.78, 5) is 25.5. The number of likely N-dealkylation sites (tertiary alicyclic amines) is 1. The highest BCUT2D eigenvalue weighted by Crippen LogP contribution is 2.15. The molecule has 0 aromatic heterocycles. The zero-order valence-electron chi connectivity index (χ0n) is 10.7. The summed E-state index contributed by atoms with van der Waals surface area (Å²) in [5.41, 5.74) is 0.469. The third-order valence-electron chi connectivity index (χ3n) is 3.35. The molecule has 19 heavy (non-hydrogen) atoms. The Labute approximate surface area is 112 Å². The Kier molecular flexibility index (Phi) is 4.65. The number of carbonyl (C=O) groups is 2. The first-order chi connectivity index (χ1) is 9.20. The van der Waals surface area contributed by atoms with Crippen molar-refractivity contribution < 1.29 is 14.7 Å². The van der Waals surface area contributed by atoms with Gasteiger partial charge in [0.25, 0.3) is 5.91 Å². The van der Waals surface area contributed by atoms with Crippen LogP contribution in [0.1, 0.15) is 23.2 Å². The predicted octanol–water partition coefficient (Wildman–Crippen LogP) is 0.400. The van der Waals surface area contributed by atoms with Crippen molar-refractivity contribution in [2.45, 2.75) is 18.9 Å². The molecule has 2 N–H and O–H groups in total. The molecule has 5 nitrogen and oxygen atoms in total. The van der Waals surface area contributed by atoms with Gasteiger partial charge in [-0.05, 0) is 31.5 Å². The maximum absolute atomic E-state index is 11.8. The number of aliphatic hydroxyl groups excluding tert-OH is 1. The molecule has 1 saturated heterocycles. The monoisotopic (exact) mass is 262 g/mol. The molecule has 1 heterocycles. The van der Waals surface area contributed by atoms with E-state index >= 15 is 0 Å². The van der Waals surface area contributed by atoms with Crippen molar-refractivity contribution in [2.75, 3.05) is 19.7 Å². The summed E-state index contributed by atoms with van der Waals surface area (Å²) in [5, 5.41) is 11.5. The smallest absolute Gasteiger partial charge is 0.257 e. The van der Waals surface area contributed by atoms with Crippen LogP contribution in [0.2, 0.25) is 0 Å². The van der Waals surface area contributed by atoms with Gasteiger partial charge in [-0.2, -0.15) is 0 Å². The molecule has 0 radical (unpaired) electrons. The first kappa shape index (κ1) is 13.7. The van der Waals surface area contributed by atoms with Gasteiger partial charge in [-0.3, -0.25) is 19.8 Å². The highest BCUT2D eigenvalue weighted by molar-refractivity contribution is 6.05. The number of nitrogens with zero attached hydrogens (tertiary/aromatic N) is 1.